The predicted octanol–water partition coefficient (Wildman–Crippen LogP) is 0.660. The molecule has 0 spiro atoms. The molecule has 1 aromatic carbocycles. The minimum atomic E-state index is -0.978. The number of piperazine rings is 1. The Labute approximate surface area is 118 Å². The van der Waals surface area contributed by atoms with Crippen molar-refractivity contribution in [2.75, 3.05) is 26.2 Å². The molecule has 2 amide bonds. The van der Waals surface area contributed by atoms with Gasteiger partial charge in [0.25, 0.3) is 11.8 Å². The lowest BCUT2D eigenvalue weighted by atomic mass is 10.1. The van der Waals surface area contributed by atoms with Crippen molar-refractivity contribution in [3.05, 3.63) is 35.4 Å². The highest BCUT2D eigenvalue weighted by atomic mass is 16.3. The molecule has 0 bridgehead atoms. The van der Waals surface area contributed by atoms with Gasteiger partial charge in [0.05, 0.1) is 0 Å². The van der Waals surface area contributed by atoms with Gasteiger partial charge in [0.2, 0.25) is 0 Å². The van der Waals surface area contributed by atoms with Crippen LogP contribution in [0, 0.1) is 6.92 Å². The predicted molar refractivity (Wildman–Crippen MR) is 75.3 cm³/mol. The molecule has 5 nitrogen and oxygen atoms in total. The van der Waals surface area contributed by atoms with Crippen molar-refractivity contribution in [2.45, 2.75) is 20.0 Å². The summed E-state index contributed by atoms with van der Waals surface area (Å²) in [5.41, 5.74) is 1.67. The van der Waals surface area contributed by atoms with Crippen LogP contribution in [0.15, 0.2) is 24.3 Å². The molecule has 1 heterocycles. The average molecular weight is 276 g/mol. The van der Waals surface area contributed by atoms with Crippen LogP contribution < -0.4 is 0 Å². The van der Waals surface area contributed by atoms with E-state index in [1.807, 2.05) is 31.2 Å². The number of nitrogens with zero attached hydrogens (tertiary/aromatic N) is 2. The van der Waals surface area contributed by atoms with Crippen LogP contribution in [0.4, 0.5) is 0 Å². The van der Waals surface area contributed by atoms with Crippen LogP contribution in [0.3, 0.4) is 0 Å². The Morgan fingerprint density at radius 1 is 1.10 bits per heavy atom. The van der Waals surface area contributed by atoms with Gasteiger partial charge >= 0.3 is 0 Å². The molecular formula is C15H20N2O3. The van der Waals surface area contributed by atoms with E-state index in [0.717, 1.165) is 5.56 Å². The number of carbonyl (C=O) groups is 2. The lowest BCUT2D eigenvalue weighted by Crippen LogP contribution is -2.52. The van der Waals surface area contributed by atoms with E-state index in [0.29, 0.717) is 31.7 Å². The molecule has 1 fully saturated rings. The van der Waals surface area contributed by atoms with Crippen LogP contribution >= 0.6 is 0 Å². The zero-order valence-electron chi connectivity index (χ0n) is 11.9. The van der Waals surface area contributed by atoms with Gasteiger partial charge in [-0.05, 0) is 25.5 Å². The number of rotatable bonds is 2. The van der Waals surface area contributed by atoms with Gasteiger partial charge < -0.3 is 14.9 Å². The highest BCUT2D eigenvalue weighted by molar-refractivity contribution is 5.95. The fraction of sp³-hybridized carbons (Fsp3) is 0.467. The quantitative estimate of drug-likeness (QED) is 0.863. The summed E-state index contributed by atoms with van der Waals surface area (Å²) in [5.74, 6) is -0.264. The molecule has 0 saturated carbocycles. The molecule has 0 unspecified atom stereocenters. The molecule has 1 N–H and O–H groups in total. The molecule has 1 saturated heterocycles. The van der Waals surface area contributed by atoms with Gasteiger partial charge in [-0.25, -0.2) is 0 Å². The number of aryl methyl sites for hydroxylation is 1. The topological polar surface area (TPSA) is 60.9 Å². The SMILES string of the molecule is Cc1ccccc1C(=O)N1CCN(C(=O)[C@@H](C)O)CC1. The summed E-state index contributed by atoms with van der Waals surface area (Å²) >= 11 is 0. The van der Waals surface area contributed by atoms with Crippen LogP contribution in [-0.4, -0.2) is 59.0 Å². The highest BCUT2D eigenvalue weighted by Crippen LogP contribution is 2.13. The summed E-state index contributed by atoms with van der Waals surface area (Å²) in [6.45, 7) is 5.34. The third-order valence-corrected chi connectivity index (χ3v) is 3.61. The Morgan fingerprint density at radius 2 is 1.65 bits per heavy atom. The number of aliphatic hydroxyl groups excluding tert-OH is 1. The van der Waals surface area contributed by atoms with Crippen molar-refractivity contribution >= 4 is 11.8 Å². The van der Waals surface area contributed by atoms with E-state index in [1.54, 1.807) is 9.80 Å². The standard InChI is InChI=1S/C15H20N2O3/c1-11-5-3-4-6-13(11)15(20)17-9-7-16(8-10-17)14(19)12(2)18/h3-6,12,18H,7-10H2,1-2H3/t12-/m1/s1. The maximum atomic E-state index is 12.4. The molecule has 2 rings (SSSR count). The molecule has 1 aliphatic rings. The van der Waals surface area contributed by atoms with Gasteiger partial charge in [-0.1, -0.05) is 18.2 Å². The summed E-state index contributed by atoms with van der Waals surface area (Å²) in [7, 11) is 0. The average Bonchev–Trinajstić information content (AvgIpc) is 2.46. The van der Waals surface area contributed by atoms with Gasteiger partial charge in [-0.15, -0.1) is 0 Å². The Hall–Kier alpha value is -1.88. The number of benzene rings is 1. The summed E-state index contributed by atoms with van der Waals surface area (Å²) in [4.78, 5) is 27.4. The van der Waals surface area contributed by atoms with Gasteiger partial charge in [0, 0.05) is 31.7 Å². The van der Waals surface area contributed by atoms with Crippen LogP contribution in [0.2, 0.25) is 0 Å². The van der Waals surface area contributed by atoms with Crippen molar-refractivity contribution in [3.8, 4) is 0 Å². The van der Waals surface area contributed by atoms with Gasteiger partial charge in [0.1, 0.15) is 6.10 Å². The zero-order valence-corrected chi connectivity index (χ0v) is 11.9. The molecule has 0 aliphatic carbocycles. The van der Waals surface area contributed by atoms with Gasteiger partial charge in [-0.2, -0.15) is 0 Å². The van der Waals surface area contributed by atoms with Crippen molar-refractivity contribution in [2.24, 2.45) is 0 Å². The first-order chi connectivity index (χ1) is 9.50. The molecular weight excluding hydrogens is 256 g/mol. The van der Waals surface area contributed by atoms with E-state index in [9.17, 15) is 14.7 Å². The highest BCUT2D eigenvalue weighted by Gasteiger charge is 2.26. The zero-order chi connectivity index (χ0) is 14.7. The fourth-order valence-electron chi connectivity index (χ4n) is 2.38. The Kier molecular flexibility index (Phi) is 4.39. The number of amides is 2. The molecule has 5 heteroatoms. The minimum absolute atomic E-state index is 0.00671. The second-order valence-corrected chi connectivity index (χ2v) is 5.11. The first-order valence-corrected chi connectivity index (χ1v) is 6.82. The van der Waals surface area contributed by atoms with Crippen molar-refractivity contribution < 1.29 is 14.7 Å². The largest absolute Gasteiger partial charge is 0.384 e. The number of aliphatic hydroxyl groups is 1. The van der Waals surface area contributed by atoms with E-state index in [-0.39, 0.29) is 11.8 Å². The van der Waals surface area contributed by atoms with Gasteiger partial charge in [0.15, 0.2) is 0 Å². The number of hydrogen-bond donors (Lipinski definition) is 1. The molecule has 1 atom stereocenters. The van der Waals surface area contributed by atoms with Crippen molar-refractivity contribution in [1.29, 1.82) is 0 Å². The smallest absolute Gasteiger partial charge is 0.254 e. The van der Waals surface area contributed by atoms with Crippen LogP contribution in [0.5, 0.6) is 0 Å². The monoisotopic (exact) mass is 276 g/mol. The maximum Gasteiger partial charge on any atom is 0.254 e. The maximum absolute atomic E-state index is 12.4. The van der Waals surface area contributed by atoms with Gasteiger partial charge in [-0.3, -0.25) is 9.59 Å². The van der Waals surface area contributed by atoms with E-state index >= 15 is 0 Å². The minimum Gasteiger partial charge on any atom is -0.384 e. The molecule has 108 valence electrons. The van der Waals surface area contributed by atoms with Crippen molar-refractivity contribution in [1.82, 2.24) is 9.80 Å². The summed E-state index contributed by atoms with van der Waals surface area (Å²) in [5, 5.41) is 9.29. The first-order valence-electron chi connectivity index (χ1n) is 6.82. The summed E-state index contributed by atoms with van der Waals surface area (Å²) in [6.07, 6.45) is -0.978. The van der Waals surface area contributed by atoms with E-state index in [4.69, 9.17) is 0 Å². The molecule has 0 aromatic heterocycles. The van der Waals surface area contributed by atoms with Crippen LogP contribution in [0.25, 0.3) is 0 Å². The third kappa shape index (κ3) is 2.99. The molecule has 1 aromatic rings. The molecule has 20 heavy (non-hydrogen) atoms. The lowest BCUT2D eigenvalue weighted by molar-refractivity contribution is -0.140. The Morgan fingerprint density at radius 3 is 2.20 bits per heavy atom. The first kappa shape index (κ1) is 14.5. The molecule has 1 aliphatic heterocycles. The number of carbonyl (C=O) groups excluding carboxylic acids is 2. The Balaban J connectivity index is 1.99. The third-order valence-electron chi connectivity index (χ3n) is 3.61. The fourth-order valence-corrected chi connectivity index (χ4v) is 2.38. The lowest BCUT2D eigenvalue weighted by Gasteiger charge is -2.35. The summed E-state index contributed by atoms with van der Waals surface area (Å²) < 4.78 is 0. The summed E-state index contributed by atoms with van der Waals surface area (Å²) in [6, 6.07) is 7.50. The van der Waals surface area contributed by atoms with Crippen molar-refractivity contribution in [3.63, 3.8) is 0 Å². The number of hydrogen-bond acceptors (Lipinski definition) is 3. The van der Waals surface area contributed by atoms with E-state index in [1.165, 1.54) is 6.92 Å². The second-order valence-electron chi connectivity index (χ2n) is 5.11. The van der Waals surface area contributed by atoms with Crippen LogP contribution in [0.1, 0.15) is 22.8 Å². The Bertz CT molecular complexity index is 506. The van der Waals surface area contributed by atoms with Crippen LogP contribution in [-0.2, 0) is 4.79 Å². The van der Waals surface area contributed by atoms with E-state index < -0.39 is 6.10 Å². The second kappa shape index (κ2) is 6.05. The van der Waals surface area contributed by atoms with E-state index in [2.05, 4.69) is 0 Å². The molecule has 0 radical (unpaired) electrons. The normalized spacial score (nSPS) is 16.9.